The predicted octanol–water partition coefficient (Wildman–Crippen LogP) is 4.56. The Labute approximate surface area is 204 Å². The zero-order valence-electron chi connectivity index (χ0n) is 16.2. The molecule has 0 aromatic heterocycles. The lowest BCUT2D eigenvalue weighted by Crippen LogP contribution is -2.53. The fourth-order valence-electron chi connectivity index (χ4n) is 2.09. The fraction of sp³-hybridized carbons (Fsp3) is 0.211. The molecule has 3 N–H and O–H groups in total. The van der Waals surface area contributed by atoms with Crippen LogP contribution in [0.4, 0.5) is 0 Å². The minimum absolute atomic E-state index is 0.146. The van der Waals surface area contributed by atoms with E-state index in [2.05, 4.69) is 16.2 Å². The van der Waals surface area contributed by atoms with E-state index in [1.165, 1.54) is 26.0 Å². The summed E-state index contributed by atoms with van der Waals surface area (Å²) in [5, 5.41) is 3.64. The van der Waals surface area contributed by atoms with E-state index in [9.17, 15) is 9.59 Å². The fourth-order valence-corrected chi connectivity index (χ4v) is 3.15. The summed E-state index contributed by atoms with van der Waals surface area (Å²) in [6.45, 7) is 3.02. The molecule has 0 bridgehead atoms. The zero-order valence-corrected chi connectivity index (χ0v) is 20.0. The molecule has 2 rings (SSSR count). The molecule has 2 unspecified atom stereocenters. The Kier molecular flexibility index (Phi) is 9.46. The minimum atomic E-state index is -0.927. The molecule has 0 spiro atoms. The topological polar surface area (TPSA) is 88.7 Å². The van der Waals surface area contributed by atoms with Crippen molar-refractivity contribution in [3.63, 3.8) is 0 Å². The van der Waals surface area contributed by atoms with E-state index < -0.39 is 24.0 Å². The van der Waals surface area contributed by atoms with Crippen LogP contribution < -0.4 is 25.6 Å². The normalized spacial score (nSPS) is 12.3. The Balaban J connectivity index is 1.80. The van der Waals surface area contributed by atoms with Gasteiger partial charge in [0.05, 0.1) is 10.0 Å². The highest BCUT2D eigenvalue weighted by atomic mass is 35.5. The summed E-state index contributed by atoms with van der Waals surface area (Å²) in [6.07, 6.45) is -1.84. The SMILES string of the molecule is CC(Oc1ccc(Cl)cc1Cl)C(=O)NNC(=S)NC(=O)C(C)Oc1ccc(Cl)cc1Cl. The standard InChI is InChI=1S/C19H17Cl4N3O4S/c1-9(29-15-5-3-11(20)7-13(15)22)17(27)24-19(31)26-25-18(28)10(2)30-16-6-4-12(21)8-14(16)23/h3-10H,1-2H3,(H,25,28)(H2,24,26,27,31). The van der Waals surface area contributed by atoms with Crippen molar-refractivity contribution in [3.8, 4) is 11.5 Å². The summed E-state index contributed by atoms with van der Waals surface area (Å²) in [7, 11) is 0. The summed E-state index contributed by atoms with van der Waals surface area (Å²) in [4.78, 5) is 24.4. The van der Waals surface area contributed by atoms with Crippen LogP contribution in [0.1, 0.15) is 13.8 Å². The van der Waals surface area contributed by atoms with E-state index >= 15 is 0 Å². The van der Waals surface area contributed by atoms with E-state index in [1.54, 1.807) is 24.3 Å². The molecule has 2 atom stereocenters. The highest BCUT2D eigenvalue weighted by Gasteiger charge is 2.19. The molecule has 0 aliphatic rings. The Morgan fingerprint density at radius 3 is 1.71 bits per heavy atom. The average molecular weight is 525 g/mol. The van der Waals surface area contributed by atoms with E-state index in [-0.39, 0.29) is 26.7 Å². The van der Waals surface area contributed by atoms with Crippen LogP contribution in [0.3, 0.4) is 0 Å². The first-order chi connectivity index (χ1) is 14.6. The molecule has 166 valence electrons. The summed E-state index contributed by atoms with van der Waals surface area (Å²) in [6, 6.07) is 9.23. The van der Waals surface area contributed by atoms with E-state index in [0.29, 0.717) is 10.0 Å². The number of rotatable bonds is 6. The van der Waals surface area contributed by atoms with E-state index in [1.807, 2.05) is 0 Å². The maximum atomic E-state index is 12.2. The van der Waals surface area contributed by atoms with Crippen LogP contribution in [0.15, 0.2) is 36.4 Å². The van der Waals surface area contributed by atoms with Gasteiger partial charge in [0.2, 0.25) is 0 Å². The highest BCUT2D eigenvalue weighted by molar-refractivity contribution is 7.80. The van der Waals surface area contributed by atoms with Gasteiger partial charge in [0.25, 0.3) is 11.8 Å². The molecule has 31 heavy (non-hydrogen) atoms. The van der Waals surface area contributed by atoms with Gasteiger partial charge >= 0.3 is 0 Å². The van der Waals surface area contributed by atoms with Crippen LogP contribution in [0.25, 0.3) is 0 Å². The Bertz CT molecular complexity index is 993. The van der Waals surface area contributed by atoms with Gasteiger partial charge < -0.3 is 9.47 Å². The molecule has 7 nitrogen and oxygen atoms in total. The number of ether oxygens (including phenoxy) is 2. The summed E-state index contributed by atoms with van der Waals surface area (Å²) >= 11 is 28.7. The molecule has 0 fully saturated rings. The maximum absolute atomic E-state index is 12.2. The average Bonchev–Trinajstić information content (AvgIpc) is 2.70. The third-order valence-electron chi connectivity index (χ3n) is 3.67. The van der Waals surface area contributed by atoms with E-state index in [0.717, 1.165) is 0 Å². The van der Waals surface area contributed by atoms with Crippen molar-refractivity contribution in [2.45, 2.75) is 26.1 Å². The number of hydrogen-bond acceptors (Lipinski definition) is 5. The number of hydrogen-bond donors (Lipinski definition) is 3. The van der Waals surface area contributed by atoms with Crippen molar-refractivity contribution in [2.75, 3.05) is 0 Å². The summed E-state index contributed by atoms with van der Waals surface area (Å²) in [5.74, 6) is -0.543. The third-order valence-corrected chi connectivity index (χ3v) is 4.93. The quantitative estimate of drug-likeness (QED) is 0.379. The second kappa shape index (κ2) is 11.6. The molecule has 0 saturated carbocycles. The summed E-state index contributed by atoms with van der Waals surface area (Å²) in [5.41, 5.74) is 4.74. The second-order valence-electron chi connectivity index (χ2n) is 6.10. The molecule has 2 aromatic rings. The largest absolute Gasteiger partial charge is 0.479 e. The van der Waals surface area contributed by atoms with Gasteiger partial charge in [0.1, 0.15) is 11.5 Å². The van der Waals surface area contributed by atoms with Gasteiger partial charge in [-0.05, 0) is 62.5 Å². The highest BCUT2D eigenvalue weighted by Crippen LogP contribution is 2.29. The van der Waals surface area contributed by atoms with Crippen LogP contribution in [-0.2, 0) is 9.59 Å². The van der Waals surface area contributed by atoms with Crippen LogP contribution in [0, 0.1) is 0 Å². The van der Waals surface area contributed by atoms with Gasteiger partial charge in [-0.2, -0.15) is 0 Å². The number of thiocarbonyl (C=S) groups is 1. The molecule has 0 radical (unpaired) electrons. The monoisotopic (exact) mass is 523 g/mol. The van der Waals surface area contributed by atoms with Crippen molar-refractivity contribution in [3.05, 3.63) is 56.5 Å². The number of benzene rings is 2. The molecular formula is C19H17Cl4N3O4S. The molecular weight excluding hydrogens is 508 g/mol. The predicted molar refractivity (Wildman–Crippen MR) is 125 cm³/mol. The van der Waals surface area contributed by atoms with Gasteiger partial charge in [-0.15, -0.1) is 0 Å². The zero-order chi connectivity index (χ0) is 23.1. The maximum Gasteiger partial charge on any atom is 0.279 e. The summed E-state index contributed by atoms with van der Waals surface area (Å²) < 4.78 is 11.0. The number of halogens is 4. The van der Waals surface area contributed by atoms with Crippen molar-refractivity contribution in [1.82, 2.24) is 16.2 Å². The first-order valence-corrected chi connectivity index (χ1v) is 10.6. The van der Waals surface area contributed by atoms with E-state index in [4.69, 9.17) is 68.1 Å². The molecule has 12 heteroatoms. The number of amides is 2. The number of nitrogens with one attached hydrogen (secondary N) is 3. The molecule has 0 aliphatic heterocycles. The van der Waals surface area contributed by atoms with Crippen molar-refractivity contribution < 1.29 is 19.1 Å². The van der Waals surface area contributed by atoms with Gasteiger partial charge in [-0.3, -0.25) is 25.8 Å². The van der Waals surface area contributed by atoms with Crippen molar-refractivity contribution in [1.29, 1.82) is 0 Å². The second-order valence-corrected chi connectivity index (χ2v) is 8.20. The van der Waals surface area contributed by atoms with Crippen molar-refractivity contribution in [2.24, 2.45) is 0 Å². The Morgan fingerprint density at radius 1 is 0.806 bits per heavy atom. The lowest BCUT2D eigenvalue weighted by Gasteiger charge is -2.18. The van der Waals surface area contributed by atoms with Gasteiger partial charge in [0, 0.05) is 10.0 Å². The van der Waals surface area contributed by atoms with Gasteiger partial charge in [-0.1, -0.05) is 46.4 Å². The third kappa shape index (κ3) is 7.90. The van der Waals surface area contributed by atoms with Crippen LogP contribution in [0.5, 0.6) is 11.5 Å². The first-order valence-electron chi connectivity index (χ1n) is 8.71. The van der Waals surface area contributed by atoms with Gasteiger partial charge in [-0.25, -0.2) is 0 Å². The number of hydrazine groups is 1. The Morgan fingerprint density at radius 2 is 1.26 bits per heavy atom. The first kappa shape index (κ1) is 25.3. The van der Waals surface area contributed by atoms with Crippen LogP contribution in [0.2, 0.25) is 20.1 Å². The lowest BCUT2D eigenvalue weighted by molar-refractivity contribution is -0.128. The lowest BCUT2D eigenvalue weighted by atomic mass is 10.3. The van der Waals surface area contributed by atoms with Crippen molar-refractivity contribution >= 4 is 75.5 Å². The van der Waals surface area contributed by atoms with Crippen LogP contribution in [-0.4, -0.2) is 29.1 Å². The number of carbonyl (C=O) groups excluding carboxylic acids is 2. The number of carbonyl (C=O) groups is 2. The Hall–Kier alpha value is -1.97. The molecule has 0 saturated heterocycles. The minimum Gasteiger partial charge on any atom is -0.479 e. The van der Waals surface area contributed by atoms with Crippen LogP contribution >= 0.6 is 58.6 Å². The molecule has 0 aliphatic carbocycles. The molecule has 2 aromatic carbocycles. The molecule has 0 heterocycles. The van der Waals surface area contributed by atoms with Gasteiger partial charge in [0.15, 0.2) is 17.3 Å². The smallest absolute Gasteiger partial charge is 0.279 e. The molecule has 2 amide bonds.